The van der Waals surface area contributed by atoms with E-state index in [-0.39, 0.29) is 11.1 Å². The van der Waals surface area contributed by atoms with Crippen LogP contribution in [0.5, 0.6) is 0 Å². The molecule has 0 bridgehead atoms. The van der Waals surface area contributed by atoms with Crippen molar-refractivity contribution in [3.8, 4) is 11.1 Å². The average molecular weight is 265 g/mol. The van der Waals surface area contributed by atoms with Gasteiger partial charge in [0, 0.05) is 17.7 Å². The van der Waals surface area contributed by atoms with Gasteiger partial charge in [-0.2, -0.15) is 0 Å². The van der Waals surface area contributed by atoms with Gasteiger partial charge < -0.3 is 5.32 Å². The Labute approximate surface area is 110 Å². The van der Waals surface area contributed by atoms with E-state index < -0.39 is 17.5 Å². The lowest BCUT2D eigenvalue weighted by molar-refractivity contribution is 0.592. The number of halogens is 3. The van der Waals surface area contributed by atoms with Crippen molar-refractivity contribution in [1.82, 2.24) is 5.32 Å². The van der Waals surface area contributed by atoms with Gasteiger partial charge in [0.1, 0.15) is 17.5 Å². The Bertz CT molecular complexity index is 609. The van der Waals surface area contributed by atoms with Crippen LogP contribution in [-0.2, 0) is 6.54 Å². The Balaban J connectivity index is 2.48. The van der Waals surface area contributed by atoms with Crippen LogP contribution < -0.4 is 5.32 Å². The molecule has 0 unspecified atom stereocenters. The molecule has 0 heterocycles. The van der Waals surface area contributed by atoms with Crippen LogP contribution in [0, 0.1) is 24.4 Å². The lowest BCUT2D eigenvalue weighted by Crippen LogP contribution is -2.07. The lowest BCUT2D eigenvalue weighted by atomic mass is 10.0. The summed E-state index contributed by atoms with van der Waals surface area (Å²) in [6, 6.07) is 6.59. The first-order valence-corrected chi connectivity index (χ1v) is 5.92. The Morgan fingerprint density at radius 3 is 2.32 bits per heavy atom. The number of rotatable bonds is 3. The Morgan fingerprint density at radius 1 is 0.947 bits per heavy atom. The predicted molar refractivity (Wildman–Crippen MR) is 69.3 cm³/mol. The smallest absolute Gasteiger partial charge is 0.131 e. The second-order valence-electron chi connectivity index (χ2n) is 4.42. The molecule has 0 radical (unpaired) electrons. The van der Waals surface area contributed by atoms with Crippen LogP contribution in [0.1, 0.15) is 11.1 Å². The number of hydrogen-bond acceptors (Lipinski definition) is 1. The van der Waals surface area contributed by atoms with E-state index in [1.165, 1.54) is 13.0 Å². The van der Waals surface area contributed by atoms with E-state index in [4.69, 9.17) is 0 Å². The van der Waals surface area contributed by atoms with Crippen molar-refractivity contribution in [2.45, 2.75) is 13.5 Å². The molecule has 1 N–H and O–H groups in total. The summed E-state index contributed by atoms with van der Waals surface area (Å²) in [7, 11) is 1.71. The minimum atomic E-state index is -0.556. The molecule has 4 heteroatoms. The van der Waals surface area contributed by atoms with E-state index in [0.29, 0.717) is 17.7 Å². The summed E-state index contributed by atoms with van der Waals surface area (Å²) in [6.07, 6.45) is 0. The standard InChI is InChI=1S/C15H14F3N/c1-9-5-15(18)12(7-13(9)16)10-3-4-11(8-19-2)14(17)6-10/h3-7,19H,8H2,1-2H3. The van der Waals surface area contributed by atoms with E-state index in [9.17, 15) is 13.2 Å². The molecular weight excluding hydrogens is 251 g/mol. The molecule has 2 aromatic carbocycles. The van der Waals surface area contributed by atoms with Crippen molar-refractivity contribution in [1.29, 1.82) is 0 Å². The first-order valence-electron chi connectivity index (χ1n) is 5.92. The second-order valence-corrected chi connectivity index (χ2v) is 4.42. The molecule has 0 amide bonds. The maximum Gasteiger partial charge on any atom is 0.131 e. The molecule has 19 heavy (non-hydrogen) atoms. The van der Waals surface area contributed by atoms with Gasteiger partial charge in [0.05, 0.1) is 0 Å². The van der Waals surface area contributed by atoms with Gasteiger partial charge in [-0.3, -0.25) is 0 Å². The van der Waals surface area contributed by atoms with Crippen molar-refractivity contribution >= 4 is 0 Å². The highest BCUT2D eigenvalue weighted by Gasteiger charge is 2.11. The molecule has 0 spiro atoms. The summed E-state index contributed by atoms with van der Waals surface area (Å²) < 4.78 is 41.0. The van der Waals surface area contributed by atoms with Gasteiger partial charge in [0.15, 0.2) is 0 Å². The van der Waals surface area contributed by atoms with E-state index in [1.807, 2.05) is 0 Å². The van der Waals surface area contributed by atoms with Crippen LogP contribution in [0.25, 0.3) is 11.1 Å². The summed E-state index contributed by atoms with van der Waals surface area (Å²) in [5.74, 6) is -1.50. The van der Waals surface area contributed by atoms with E-state index in [1.54, 1.807) is 19.2 Å². The zero-order chi connectivity index (χ0) is 14.0. The predicted octanol–water partition coefficient (Wildman–Crippen LogP) is 3.80. The molecule has 0 saturated carbocycles. The summed E-state index contributed by atoms with van der Waals surface area (Å²) in [4.78, 5) is 0. The fraction of sp³-hybridized carbons (Fsp3) is 0.200. The quantitative estimate of drug-likeness (QED) is 0.890. The van der Waals surface area contributed by atoms with E-state index >= 15 is 0 Å². The van der Waals surface area contributed by atoms with E-state index in [0.717, 1.165) is 12.1 Å². The Kier molecular flexibility index (Phi) is 3.90. The third kappa shape index (κ3) is 2.79. The zero-order valence-corrected chi connectivity index (χ0v) is 10.7. The van der Waals surface area contributed by atoms with Gasteiger partial charge in [-0.05, 0) is 43.3 Å². The molecule has 2 rings (SSSR count). The minimum Gasteiger partial charge on any atom is -0.316 e. The second kappa shape index (κ2) is 5.45. The monoisotopic (exact) mass is 265 g/mol. The number of hydrogen-bond donors (Lipinski definition) is 1. The molecule has 2 aromatic rings. The largest absolute Gasteiger partial charge is 0.316 e. The number of nitrogens with one attached hydrogen (secondary N) is 1. The third-order valence-corrected chi connectivity index (χ3v) is 2.98. The summed E-state index contributed by atoms with van der Waals surface area (Å²) in [5, 5.41) is 2.84. The van der Waals surface area contributed by atoms with Crippen molar-refractivity contribution in [3.05, 3.63) is 58.9 Å². The van der Waals surface area contributed by atoms with Crippen LogP contribution in [-0.4, -0.2) is 7.05 Å². The van der Waals surface area contributed by atoms with Gasteiger partial charge in [-0.25, -0.2) is 13.2 Å². The molecule has 100 valence electrons. The van der Waals surface area contributed by atoms with Crippen LogP contribution in [0.15, 0.2) is 30.3 Å². The highest BCUT2D eigenvalue weighted by molar-refractivity contribution is 5.65. The van der Waals surface area contributed by atoms with Gasteiger partial charge in [-0.1, -0.05) is 12.1 Å². The summed E-state index contributed by atoms with van der Waals surface area (Å²) >= 11 is 0. The normalized spacial score (nSPS) is 10.8. The number of aryl methyl sites for hydroxylation is 1. The van der Waals surface area contributed by atoms with Crippen molar-refractivity contribution in [3.63, 3.8) is 0 Å². The SMILES string of the molecule is CNCc1ccc(-c2cc(F)c(C)cc2F)cc1F. The molecule has 0 aliphatic rings. The third-order valence-electron chi connectivity index (χ3n) is 2.98. The van der Waals surface area contributed by atoms with Crippen LogP contribution >= 0.6 is 0 Å². The first-order chi connectivity index (χ1) is 9.02. The maximum absolute atomic E-state index is 13.8. The fourth-order valence-electron chi connectivity index (χ4n) is 1.92. The summed E-state index contributed by atoms with van der Waals surface area (Å²) in [6.45, 7) is 1.87. The molecule has 0 fully saturated rings. The molecule has 1 nitrogen and oxygen atoms in total. The van der Waals surface area contributed by atoms with Crippen molar-refractivity contribution in [2.24, 2.45) is 0 Å². The van der Waals surface area contributed by atoms with Crippen LogP contribution in [0.3, 0.4) is 0 Å². The summed E-state index contributed by atoms with van der Waals surface area (Å²) in [5.41, 5.74) is 1.11. The Hall–Kier alpha value is -1.81. The van der Waals surface area contributed by atoms with Crippen molar-refractivity contribution < 1.29 is 13.2 Å². The van der Waals surface area contributed by atoms with Crippen LogP contribution in [0.4, 0.5) is 13.2 Å². The fourth-order valence-corrected chi connectivity index (χ4v) is 1.92. The molecule has 0 aliphatic carbocycles. The van der Waals surface area contributed by atoms with Crippen LogP contribution in [0.2, 0.25) is 0 Å². The molecule has 0 aromatic heterocycles. The van der Waals surface area contributed by atoms with Gasteiger partial charge in [-0.15, -0.1) is 0 Å². The molecule has 0 saturated heterocycles. The lowest BCUT2D eigenvalue weighted by Gasteiger charge is -2.08. The first kappa shape index (κ1) is 13.6. The highest BCUT2D eigenvalue weighted by Crippen LogP contribution is 2.27. The minimum absolute atomic E-state index is 0.0676. The van der Waals surface area contributed by atoms with Gasteiger partial charge in [0.25, 0.3) is 0 Å². The van der Waals surface area contributed by atoms with Gasteiger partial charge in [0.2, 0.25) is 0 Å². The molecule has 0 atom stereocenters. The topological polar surface area (TPSA) is 12.0 Å². The molecule has 0 aliphatic heterocycles. The highest BCUT2D eigenvalue weighted by atomic mass is 19.1. The number of benzene rings is 2. The van der Waals surface area contributed by atoms with Gasteiger partial charge >= 0.3 is 0 Å². The Morgan fingerprint density at radius 2 is 1.68 bits per heavy atom. The van der Waals surface area contributed by atoms with E-state index in [2.05, 4.69) is 5.32 Å². The maximum atomic E-state index is 13.8. The zero-order valence-electron chi connectivity index (χ0n) is 10.7. The average Bonchev–Trinajstić information content (AvgIpc) is 2.36. The molecular formula is C15H14F3N. The van der Waals surface area contributed by atoms with Crippen molar-refractivity contribution in [2.75, 3.05) is 7.05 Å².